The minimum Gasteiger partial charge on any atom is -0.304 e. The summed E-state index contributed by atoms with van der Waals surface area (Å²) in [5.41, 5.74) is 2.23. The van der Waals surface area contributed by atoms with E-state index in [0.29, 0.717) is 17.0 Å². The molecule has 0 atom stereocenters. The summed E-state index contributed by atoms with van der Waals surface area (Å²) in [5.74, 6) is -0.380. The molecule has 0 radical (unpaired) electrons. The lowest BCUT2D eigenvalue weighted by atomic mass is 10.0. The maximum Gasteiger partial charge on any atom is 0.144 e. The highest BCUT2D eigenvalue weighted by atomic mass is 19.1. The van der Waals surface area contributed by atoms with Crippen LogP contribution in [-0.2, 0) is 0 Å². The number of nitrogens with zero attached hydrogens (tertiary/aromatic N) is 1. The van der Waals surface area contributed by atoms with E-state index in [1.807, 2.05) is 30.3 Å². The quantitative estimate of drug-likeness (QED) is 0.808. The standard InChI is InChI=1S/C15H14FN3/c1-10-7-15(19-9-12(10)16)14(18)8-13(17)11-5-3-2-4-6-11/h2-7,9,17-18H,8H2,1H3. The third kappa shape index (κ3) is 3.10. The summed E-state index contributed by atoms with van der Waals surface area (Å²) < 4.78 is 13.1. The number of benzene rings is 1. The van der Waals surface area contributed by atoms with Crippen molar-refractivity contribution in [3.05, 3.63) is 65.2 Å². The smallest absolute Gasteiger partial charge is 0.144 e. The fraction of sp³-hybridized carbons (Fsp3) is 0.133. The lowest BCUT2D eigenvalue weighted by Gasteiger charge is -2.06. The molecule has 2 N–H and O–H groups in total. The summed E-state index contributed by atoms with van der Waals surface area (Å²) in [5, 5.41) is 15.9. The van der Waals surface area contributed by atoms with Crippen molar-refractivity contribution in [3.8, 4) is 0 Å². The fourth-order valence-corrected chi connectivity index (χ4v) is 1.71. The number of halogens is 1. The molecule has 4 heteroatoms. The fourth-order valence-electron chi connectivity index (χ4n) is 1.71. The van der Waals surface area contributed by atoms with Gasteiger partial charge in [-0.25, -0.2) is 4.39 Å². The van der Waals surface area contributed by atoms with Crippen molar-refractivity contribution in [2.24, 2.45) is 0 Å². The second-order valence-corrected chi connectivity index (χ2v) is 4.32. The molecule has 96 valence electrons. The molecule has 1 aromatic heterocycles. The number of aromatic nitrogens is 1. The molecule has 2 rings (SSSR count). The van der Waals surface area contributed by atoms with E-state index in [1.165, 1.54) is 6.07 Å². The van der Waals surface area contributed by atoms with Gasteiger partial charge in [0.15, 0.2) is 0 Å². The average molecular weight is 255 g/mol. The maximum absolute atomic E-state index is 13.1. The van der Waals surface area contributed by atoms with E-state index >= 15 is 0 Å². The molecule has 19 heavy (non-hydrogen) atoms. The van der Waals surface area contributed by atoms with Gasteiger partial charge in [-0.05, 0) is 24.1 Å². The molecule has 0 aliphatic heterocycles. The Balaban J connectivity index is 2.13. The van der Waals surface area contributed by atoms with Crippen molar-refractivity contribution < 1.29 is 4.39 Å². The average Bonchev–Trinajstić information content (AvgIpc) is 2.42. The van der Waals surface area contributed by atoms with Gasteiger partial charge in [0.25, 0.3) is 0 Å². The zero-order chi connectivity index (χ0) is 13.8. The summed E-state index contributed by atoms with van der Waals surface area (Å²) >= 11 is 0. The second-order valence-electron chi connectivity index (χ2n) is 4.32. The van der Waals surface area contributed by atoms with Crippen LogP contribution in [0.2, 0.25) is 0 Å². The van der Waals surface area contributed by atoms with Crippen LogP contribution in [0.25, 0.3) is 0 Å². The van der Waals surface area contributed by atoms with Crippen LogP contribution in [0.3, 0.4) is 0 Å². The van der Waals surface area contributed by atoms with Crippen molar-refractivity contribution in [1.82, 2.24) is 4.98 Å². The molecule has 0 unspecified atom stereocenters. The van der Waals surface area contributed by atoms with Crippen LogP contribution in [0.5, 0.6) is 0 Å². The molecule has 0 spiro atoms. The Hall–Kier alpha value is -2.36. The number of pyridine rings is 1. The molecule has 1 heterocycles. The van der Waals surface area contributed by atoms with E-state index in [0.717, 1.165) is 11.8 Å². The topological polar surface area (TPSA) is 60.6 Å². The van der Waals surface area contributed by atoms with Gasteiger partial charge in [-0.2, -0.15) is 0 Å². The number of hydrogen-bond donors (Lipinski definition) is 2. The van der Waals surface area contributed by atoms with Crippen molar-refractivity contribution in [2.75, 3.05) is 0 Å². The zero-order valence-electron chi connectivity index (χ0n) is 10.6. The number of aryl methyl sites for hydroxylation is 1. The predicted molar refractivity (Wildman–Crippen MR) is 73.6 cm³/mol. The number of rotatable bonds is 4. The summed E-state index contributed by atoms with van der Waals surface area (Å²) in [6, 6.07) is 10.8. The van der Waals surface area contributed by atoms with Crippen LogP contribution in [0.4, 0.5) is 4.39 Å². The van der Waals surface area contributed by atoms with Crippen LogP contribution in [0.15, 0.2) is 42.6 Å². The van der Waals surface area contributed by atoms with Crippen LogP contribution in [-0.4, -0.2) is 16.4 Å². The third-order valence-electron chi connectivity index (χ3n) is 2.83. The Kier molecular flexibility index (Phi) is 3.80. The zero-order valence-corrected chi connectivity index (χ0v) is 10.6. The Morgan fingerprint density at radius 3 is 2.47 bits per heavy atom. The van der Waals surface area contributed by atoms with Crippen LogP contribution >= 0.6 is 0 Å². The molecular formula is C15H14FN3. The monoisotopic (exact) mass is 255 g/mol. The Morgan fingerprint density at radius 2 is 1.84 bits per heavy atom. The molecular weight excluding hydrogens is 241 g/mol. The van der Waals surface area contributed by atoms with E-state index < -0.39 is 0 Å². The predicted octanol–water partition coefficient (Wildman–Crippen LogP) is 3.36. The molecule has 0 aliphatic carbocycles. The Morgan fingerprint density at radius 1 is 1.16 bits per heavy atom. The van der Waals surface area contributed by atoms with Crippen LogP contribution < -0.4 is 0 Å². The van der Waals surface area contributed by atoms with Gasteiger partial charge in [-0.1, -0.05) is 30.3 Å². The third-order valence-corrected chi connectivity index (χ3v) is 2.83. The molecule has 2 aromatic rings. The van der Waals surface area contributed by atoms with Crippen LogP contribution in [0.1, 0.15) is 23.2 Å². The van der Waals surface area contributed by atoms with Gasteiger partial charge in [-0.3, -0.25) is 4.98 Å². The number of nitrogens with one attached hydrogen (secondary N) is 2. The highest BCUT2D eigenvalue weighted by molar-refractivity contribution is 6.14. The largest absolute Gasteiger partial charge is 0.304 e. The Bertz CT molecular complexity index is 621. The van der Waals surface area contributed by atoms with Crippen molar-refractivity contribution >= 4 is 11.4 Å². The molecule has 0 saturated heterocycles. The minimum atomic E-state index is -0.380. The summed E-state index contributed by atoms with van der Waals surface area (Å²) in [7, 11) is 0. The molecule has 0 bridgehead atoms. The van der Waals surface area contributed by atoms with E-state index in [-0.39, 0.29) is 17.9 Å². The number of hydrogen-bond acceptors (Lipinski definition) is 3. The van der Waals surface area contributed by atoms with Gasteiger partial charge in [0.1, 0.15) is 5.82 Å². The van der Waals surface area contributed by atoms with Gasteiger partial charge in [0.2, 0.25) is 0 Å². The lowest BCUT2D eigenvalue weighted by molar-refractivity contribution is 0.611. The summed E-state index contributed by atoms with van der Waals surface area (Å²) in [4.78, 5) is 3.89. The van der Waals surface area contributed by atoms with E-state index in [1.54, 1.807) is 6.92 Å². The summed E-state index contributed by atoms with van der Waals surface area (Å²) in [6.07, 6.45) is 1.30. The maximum atomic E-state index is 13.1. The SMILES string of the molecule is Cc1cc(C(=N)CC(=N)c2ccccc2)ncc1F. The van der Waals surface area contributed by atoms with Crippen LogP contribution in [0, 0.1) is 23.6 Å². The first-order valence-corrected chi connectivity index (χ1v) is 5.90. The minimum absolute atomic E-state index is 0.183. The van der Waals surface area contributed by atoms with E-state index in [4.69, 9.17) is 10.8 Å². The molecule has 0 saturated carbocycles. The molecule has 3 nitrogen and oxygen atoms in total. The van der Waals surface area contributed by atoms with Gasteiger partial charge < -0.3 is 10.8 Å². The first-order valence-electron chi connectivity index (χ1n) is 5.90. The van der Waals surface area contributed by atoms with Crippen molar-refractivity contribution in [1.29, 1.82) is 10.8 Å². The van der Waals surface area contributed by atoms with Crippen molar-refractivity contribution in [2.45, 2.75) is 13.3 Å². The highest BCUT2D eigenvalue weighted by Crippen LogP contribution is 2.10. The Labute approximate surface area is 111 Å². The first kappa shape index (κ1) is 13.1. The molecule has 0 amide bonds. The molecule has 0 aliphatic rings. The van der Waals surface area contributed by atoms with E-state index in [9.17, 15) is 4.39 Å². The molecule has 1 aromatic carbocycles. The van der Waals surface area contributed by atoms with Gasteiger partial charge in [0.05, 0.1) is 17.6 Å². The van der Waals surface area contributed by atoms with Gasteiger partial charge >= 0.3 is 0 Å². The first-order chi connectivity index (χ1) is 9.08. The second kappa shape index (κ2) is 5.52. The van der Waals surface area contributed by atoms with E-state index in [2.05, 4.69) is 4.98 Å². The summed E-state index contributed by atoms with van der Waals surface area (Å²) in [6.45, 7) is 1.64. The van der Waals surface area contributed by atoms with Gasteiger partial charge in [0, 0.05) is 12.1 Å². The highest BCUT2D eigenvalue weighted by Gasteiger charge is 2.10. The normalized spacial score (nSPS) is 10.2. The molecule has 0 fully saturated rings. The lowest BCUT2D eigenvalue weighted by Crippen LogP contribution is -2.10. The van der Waals surface area contributed by atoms with Crippen molar-refractivity contribution in [3.63, 3.8) is 0 Å². The van der Waals surface area contributed by atoms with Gasteiger partial charge in [-0.15, -0.1) is 0 Å².